The molecule has 0 aliphatic carbocycles. The topological polar surface area (TPSA) is 103 Å². The Kier molecular flexibility index (Phi) is 4.96. The second kappa shape index (κ2) is 6.27. The van der Waals surface area contributed by atoms with Crippen LogP contribution in [0.2, 0.25) is 0 Å². The highest BCUT2D eigenvalue weighted by Crippen LogP contribution is 2.20. The van der Waals surface area contributed by atoms with Gasteiger partial charge in [-0.3, -0.25) is 0 Å². The van der Waals surface area contributed by atoms with E-state index in [1.165, 1.54) is 0 Å². The molecule has 1 amide bonds. The fourth-order valence-electron chi connectivity index (χ4n) is 1.46. The molecule has 0 fully saturated rings. The molecule has 6 nitrogen and oxygen atoms in total. The number of pyridine rings is 1. The predicted octanol–water partition coefficient (Wildman–Crippen LogP) is 2.09. The maximum atomic E-state index is 11.4. The molecule has 1 heterocycles. The van der Waals surface area contributed by atoms with E-state index in [0.29, 0.717) is 18.1 Å². The van der Waals surface area contributed by atoms with E-state index < -0.39 is 11.7 Å². The normalized spacial score (nSPS) is 11.6. The van der Waals surface area contributed by atoms with Gasteiger partial charge in [-0.1, -0.05) is 12.2 Å². The maximum absolute atomic E-state index is 11.4. The molecule has 0 aliphatic heterocycles. The Bertz CT molecular complexity index is 519. The van der Waals surface area contributed by atoms with Crippen LogP contribution in [0.3, 0.4) is 0 Å². The lowest BCUT2D eigenvalue weighted by Crippen LogP contribution is -2.32. The van der Waals surface area contributed by atoms with Gasteiger partial charge in [0.25, 0.3) is 0 Å². The fraction of sp³-hybridized carbons (Fsp3) is 0.429. The molecule has 0 spiro atoms. The molecular weight excluding hydrogens is 256 g/mol. The van der Waals surface area contributed by atoms with Gasteiger partial charge in [-0.15, -0.1) is 0 Å². The van der Waals surface area contributed by atoms with Crippen LogP contribution < -0.4 is 16.8 Å². The van der Waals surface area contributed by atoms with Gasteiger partial charge >= 0.3 is 6.09 Å². The number of alkyl carbamates (subject to hydrolysis) is 1. The smallest absolute Gasteiger partial charge is 0.407 e. The van der Waals surface area contributed by atoms with E-state index in [0.717, 1.165) is 11.1 Å². The number of carbonyl (C=O) groups excluding carboxylic acids is 1. The minimum Gasteiger partial charge on any atom is -0.444 e. The Hall–Kier alpha value is -2.24. The van der Waals surface area contributed by atoms with Crippen LogP contribution in [0.5, 0.6) is 0 Å². The van der Waals surface area contributed by atoms with Crippen molar-refractivity contribution in [2.24, 2.45) is 0 Å². The Morgan fingerprint density at radius 3 is 2.70 bits per heavy atom. The maximum Gasteiger partial charge on any atom is 0.407 e. The number of anilines is 2. The number of aromatic nitrogens is 1. The summed E-state index contributed by atoms with van der Waals surface area (Å²) in [5.41, 5.74) is 13.1. The molecule has 1 rings (SSSR count). The van der Waals surface area contributed by atoms with Crippen molar-refractivity contribution in [2.75, 3.05) is 18.0 Å². The molecular formula is C14H22N4O2. The van der Waals surface area contributed by atoms with Gasteiger partial charge in [0, 0.05) is 12.7 Å². The summed E-state index contributed by atoms with van der Waals surface area (Å²) in [5, 5.41) is 2.63. The SMILES string of the molecule is Cc1c(C=CCNC(=O)OC(C)(C)C)cnc(N)c1N. The number of hydrogen-bond acceptors (Lipinski definition) is 5. The Morgan fingerprint density at radius 2 is 2.10 bits per heavy atom. The van der Waals surface area contributed by atoms with Gasteiger partial charge in [0.05, 0.1) is 5.69 Å². The lowest BCUT2D eigenvalue weighted by Gasteiger charge is -2.19. The zero-order chi connectivity index (χ0) is 15.3. The first-order chi connectivity index (χ1) is 9.20. The van der Waals surface area contributed by atoms with Crippen molar-refractivity contribution in [1.29, 1.82) is 0 Å². The van der Waals surface area contributed by atoms with E-state index in [4.69, 9.17) is 16.2 Å². The van der Waals surface area contributed by atoms with Gasteiger partial charge in [-0.05, 0) is 38.8 Å². The van der Waals surface area contributed by atoms with Crippen LogP contribution in [-0.2, 0) is 4.74 Å². The van der Waals surface area contributed by atoms with Gasteiger partial charge in [0.1, 0.15) is 11.4 Å². The number of nitrogens with two attached hydrogens (primary N) is 2. The van der Waals surface area contributed by atoms with Gasteiger partial charge in [-0.2, -0.15) is 0 Å². The van der Waals surface area contributed by atoms with Gasteiger partial charge < -0.3 is 21.5 Å². The molecule has 0 aromatic carbocycles. The molecule has 20 heavy (non-hydrogen) atoms. The van der Waals surface area contributed by atoms with E-state index in [1.54, 1.807) is 12.3 Å². The van der Waals surface area contributed by atoms with Crippen molar-refractivity contribution in [3.05, 3.63) is 23.4 Å². The Morgan fingerprint density at radius 1 is 1.45 bits per heavy atom. The summed E-state index contributed by atoms with van der Waals surface area (Å²) in [6.07, 6.45) is 4.82. The third kappa shape index (κ3) is 4.79. The summed E-state index contributed by atoms with van der Waals surface area (Å²) in [4.78, 5) is 15.4. The Labute approximate surface area is 119 Å². The molecule has 0 atom stereocenters. The highest BCUT2D eigenvalue weighted by molar-refractivity contribution is 5.70. The zero-order valence-corrected chi connectivity index (χ0v) is 12.4. The van der Waals surface area contributed by atoms with Gasteiger partial charge in [-0.25, -0.2) is 9.78 Å². The fourth-order valence-corrected chi connectivity index (χ4v) is 1.46. The van der Waals surface area contributed by atoms with Crippen LogP contribution in [0.15, 0.2) is 12.3 Å². The van der Waals surface area contributed by atoms with Crippen molar-refractivity contribution in [1.82, 2.24) is 10.3 Å². The first-order valence-electron chi connectivity index (χ1n) is 6.34. The van der Waals surface area contributed by atoms with Crippen LogP contribution in [0.1, 0.15) is 31.9 Å². The molecule has 0 unspecified atom stereocenters. The average Bonchev–Trinajstić information content (AvgIpc) is 2.32. The van der Waals surface area contributed by atoms with E-state index in [1.807, 2.05) is 33.8 Å². The summed E-state index contributed by atoms with van der Waals surface area (Å²) < 4.78 is 5.12. The van der Waals surface area contributed by atoms with Crippen molar-refractivity contribution in [3.8, 4) is 0 Å². The number of nitrogen functional groups attached to an aromatic ring is 2. The summed E-state index contributed by atoms with van der Waals surface area (Å²) in [7, 11) is 0. The van der Waals surface area contributed by atoms with Crippen molar-refractivity contribution < 1.29 is 9.53 Å². The summed E-state index contributed by atoms with van der Waals surface area (Å²) in [5.74, 6) is 0.325. The first-order valence-corrected chi connectivity index (χ1v) is 6.34. The molecule has 110 valence electrons. The lowest BCUT2D eigenvalue weighted by molar-refractivity contribution is 0.0534. The number of amides is 1. The monoisotopic (exact) mass is 278 g/mol. The van der Waals surface area contributed by atoms with Gasteiger partial charge in [0.2, 0.25) is 0 Å². The highest BCUT2D eigenvalue weighted by atomic mass is 16.6. The van der Waals surface area contributed by atoms with E-state index in [2.05, 4.69) is 10.3 Å². The number of hydrogen-bond donors (Lipinski definition) is 3. The standard InChI is InChI=1S/C14H22N4O2/c1-9-10(8-18-12(16)11(9)15)6-5-7-17-13(19)20-14(2,3)4/h5-6,8H,7,15H2,1-4H3,(H2,16,18)(H,17,19). The number of nitrogens with zero attached hydrogens (tertiary/aromatic N) is 1. The Balaban J connectivity index is 2.54. The number of carbonyl (C=O) groups is 1. The number of ether oxygens (including phenoxy) is 1. The quantitative estimate of drug-likeness (QED) is 0.785. The molecule has 1 aromatic heterocycles. The summed E-state index contributed by atoms with van der Waals surface area (Å²) >= 11 is 0. The van der Waals surface area contributed by atoms with Crippen LogP contribution in [0.25, 0.3) is 6.08 Å². The molecule has 5 N–H and O–H groups in total. The molecule has 0 bridgehead atoms. The third-order valence-electron chi connectivity index (χ3n) is 2.52. The van der Waals surface area contributed by atoms with Crippen molar-refractivity contribution >= 4 is 23.7 Å². The summed E-state index contributed by atoms with van der Waals surface area (Å²) in [6, 6.07) is 0. The molecule has 0 radical (unpaired) electrons. The molecule has 6 heteroatoms. The van der Waals surface area contributed by atoms with E-state index in [-0.39, 0.29) is 0 Å². The van der Waals surface area contributed by atoms with E-state index >= 15 is 0 Å². The van der Waals surface area contributed by atoms with E-state index in [9.17, 15) is 4.79 Å². The van der Waals surface area contributed by atoms with Crippen LogP contribution in [0.4, 0.5) is 16.3 Å². The number of nitrogens with one attached hydrogen (secondary N) is 1. The van der Waals surface area contributed by atoms with Crippen LogP contribution >= 0.6 is 0 Å². The largest absolute Gasteiger partial charge is 0.444 e. The average molecular weight is 278 g/mol. The molecule has 0 aliphatic rings. The molecule has 1 aromatic rings. The van der Waals surface area contributed by atoms with Crippen LogP contribution in [-0.4, -0.2) is 23.2 Å². The zero-order valence-electron chi connectivity index (χ0n) is 12.4. The lowest BCUT2D eigenvalue weighted by atomic mass is 10.1. The summed E-state index contributed by atoms with van der Waals surface area (Å²) in [6.45, 7) is 7.67. The predicted molar refractivity (Wildman–Crippen MR) is 81.1 cm³/mol. The van der Waals surface area contributed by atoms with Crippen molar-refractivity contribution in [3.63, 3.8) is 0 Å². The number of rotatable bonds is 3. The van der Waals surface area contributed by atoms with Gasteiger partial charge in [0.15, 0.2) is 0 Å². The van der Waals surface area contributed by atoms with Crippen LogP contribution in [0, 0.1) is 6.92 Å². The molecule has 0 saturated carbocycles. The van der Waals surface area contributed by atoms with Crippen molar-refractivity contribution in [2.45, 2.75) is 33.3 Å². The minimum absolute atomic E-state index is 0.325. The second-order valence-corrected chi connectivity index (χ2v) is 5.42. The molecule has 0 saturated heterocycles. The third-order valence-corrected chi connectivity index (χ3v) is 2.52. The minimum atomic E-state index is -0.500. The highest BCUT2D eigenvalue weighted by Gasteiger charge is 2.14. The first kappa shape index (κ1) is 15.8. The second-order valence-electron chi connectivity index (χ2n) is 5.42.